The molecule has 120 valence electrons. The van der Waals surface area contributed by atoms with E-state index in [0.29, 0.717) is 17.8 Å². The highest BCUT2D eigenvalue weighted by Gasteiger charge is 2.08. The van der Waals surface area contributed by atoms with Crippen molar-refractivity contribution in [1.29, 1.82) is 5.26 Å². The predicted molar refractivity (Wildman–Crippen MR) is 90.6 cm³/mol. The molecule has 0 aliphatic carbocycles. The summed E-state index contributed by atoms with van der Waals surface area (Å²) in [6, 6.07) is 17.6. The van der Waals surface area contributed by atoms with E-state index < -0.39 is 11.8 Å². The van der Waals surface area contributed by atoms with Gasteiger partial charge in [0.1, 0.15) is 11.6 Å². The second-order valence-electron chi connectivity index (χ2n) is 4.92. The van der Waals surface area contributed by atoms with Crippen LogP contribution in [-0.2, 0) is 11.3 Å². The lowest BCUT2D eigenvalue weighted by atomic mass is 10.2. The molecule has 0 bridgehead atoms. The first-order valence-corrected chi connectivity index (χ1v) is 7.19. The summed E-state index contributed by atoms with van der Waals surface area (Å²) in [5.74, 6) is -0.988. The normalized spacial score (nSPS) is 10.5. The Bertz CT molecular complexity index is 790. The van der Waals surface area contributed by atoms with Crippen molar-refractivity contribution in [3.05, 3.63) is 77.5 Å². The molecule has 0 aromatic heterocycles. The van der Waals surface area contributed by atoms with Gasteiger partial charge in [-0.2, -0.15) is 5.26 Å². The molecule has 0 radical (unpaired) electrons. The molecule has 0 saturated heterocycles. The number of nitriles is 1. The number of carbonyl (C=O) groups excluding carboxylic acids is 2. The third kappa shape index (κ3) is 4.71. The fourth-order valence-electron chi connectivity index (χ4n) is 1.91. The number of hydrogen-bond donors (Lipinski definition) is 3. The van der Waals surface area contributed by atoms with Gasteiger partial charge in [0.25, 0.3) is 5.91 Å². The van der Waals surface area contributed by atoms with E-state index in [1.54, 1.807) is 24.3 Å². The second kappa shape index (κ2) is 8.15. The molecule has 6 nitrogen and oxygen atoms in total. The monoisotopic (exact) mass is 320 g/mol. The Balaban J connectivity index is 1.96. The molecule has 0 heterocycles. The first-order chi connectivity index (χ1) is 11.6. The summed E-state index contributed by atoms with van der Waals surface area (Å²) in [4.78, 5) is 23.0. The van der Waals surface area contributed by atoms with Crippen molar-refractivity contribution in [1.82, 2.24) is 5.32 Å². The van der Waals surface area contributed by atoms with E-state index in [2.05, 4.69) is 10.6 Å². The molecule has 2 amide bonds. The fraction of sp³-hybridized carbons (Fsp3) is 0.0556. The maximum Gasteiger partial charge on any atom is 0.263 e. The van der Waals surface area contributed by atoms with Crippen LogP contribution in [0.5, 0.6) is 0 Å². The number of carbonyl (C=O) groups is 2. The highest BCUT2D eigenvalue weighted by molar-refractivity contribution is 5.97. The number of rotatable bonds is 6. The Morgan fingerprint density at radius 2 is 1.75 bits per heavy atom. The Morgan fingerprint density at radius 3 is 2.33 bits per heavy atom. The van der Waals surface area contributed by atoms with E-state index in [1.165, 1.54) is 6.20 Å². The molecule has 0 atom stereocenters. The Kier molecular flexibility index (Phi) is 5.70. The average molecular weight is 320 g/mol. The van der Waals surface area contributed by atoms with Crippen molar-refractivity contribution in [3.63, 3.8) is 0 Å². The van der Waals surface area contributed by atoms with Crippen LogP contribution in [0.25, 0.3) is 0 Å². The van der Waals surface area contributed by atoms with Crippen LogP contribution >= 0.6 is 0 Å². The summed E-state index contributed by atoms with van der Waals surface area (Å²) in [7, 11) is 0. The molecule has 4 N–H and O–H groups in total. The molecule has 0 spiro atoms. The van der Waals surface area contributed by atoms with Crippen LogP contribution in [0, 0.1) is 11.3 Å². The maximum atomic E-state index is 12.0. The van der Waals surface area contributed by atoms with Gasteiger partial charge in [-0.3, -0.25) is 9.59 Å². The standard InChI is InChI=1S/C18H16N4O2/c19-10-15(18(24)22-11-13-4-2-1-3-5-13)12-21-16-8-6-14(7-9-16)17(20)23/h1-9,12,21H,11H2,(H2,20,23)(H,22,24)/b15-12-. The number of hydrogen-bond acceptors (Lipinski definition) is 4. The second-order valence-corrected chi connectivity index (χ2v) is 4.92. The number of amides is 2. The molecule has 6 heteroatoms. The van der Waals surface area contributed by atoms with Gasteiger partial charge in [0.15, 0.2) is 0 Å². The first-order valence-electron chi connectivity index (χ1n) is 7.19. The highest BCUT2D eigenvalue weighted by atomic mass is 16.2. The van der Waals surface area contributed by atoms with Crippen LogP contribution in [0.3, 0.4) is 0 Å². The van der Waals surface area contributed by atoms with Gasteiger partial charge in [-0.1, -0.05) is 30.3 Å². The van der Waals surface area contributed by atoms with Gasteiger partial charge in [-0.15, -0.1) is 0 Å². The van der Waals surface area contributed by atoms with Crippen LogP contribution < -0.4 is 16.4 Å². The zero-order valence-corrected chi connectivity index (χ0v) is 12.8. The van der Waals surface area contributed by atoms with Gasteiger partial charge in [-0.25, -0.2) is 0 Å². The Morgan fingerprint density at radius 1 is 1.08 bits per heavy atom. The molecular weight excluding hydrogens is 304 g/mol. The van der Waals surface area contributed by atoms with Crippen LogP contribution in [0.1, 0.15) is 15.9 Å². The number of primary amides is 1. The third-order valence-electron chi connectivity index (χ3n) is 3.21. The number of nitrogens with one attached hydrogen (secondary N) is 2. The maximum absolute atomic E-state index is 12.0. The fourth-order valence-corrected chi connectivity index (χ4v) is 1.91. The van der Waals surface area contributed by atoms with E-state index in [9.17, 15) is 9.59 Å². The molecule has 0 saturated carbocycles. The third-order valence-corrected chi connectivity index (χ3v) is 3.21. The number of benzene rings is 2. The van der Waals surface area contributed by atoms with Gasteiger partial charge < -0.3 is 16.4 Å². The molecule has 2 aromatic carbocycles. The van der Waals surface area contributed by atoms with Crippen molar-refractivity contribution in [2.45, 2.75) is 6.54 Å². The van der Waals surface area contributed by atoms with Crippen LogP contribution in [0.2, 0.25) is 0 Å². The molecule has 24 heavy (non-hydrogen) atoms. The van der Waals surface area contributed by atoms with Crippen LogP contribution in [-0.4, -0.2) is 11.8 Å². The topological polar surface area (TPSA) is 108 Å². The molecular formula is C18H16N4O2. The Hall–Kier alpha value is -3.59. The molecule has 2 aromatic rings. The quantitative estimate of drug-likeness (QED) is 0.558. The van der Waals surface area contributed by atoms with Crippen molar-refractivity contribution in [2.24, 2.45) is 5.73 Å². The van der Waals surface area contributed by atoms with Gasteiger partial charge in [0, 0.05) is 24.0 Å². The van der Waals surface area contributed by atoms with E-state index in [4.69, 9.17) is 11.0 Å². The molecule has 0 aliphatic heterocycles. The summed E-state index contributed by atoms with van der Waals surface area (Å²) >= 11 is 0. The first kappa shape index (κ1) is 16.8. The minimum atomic E-state index is -0.518. The summed E-state index contributed by atoms with van der Waals surface area (Å²) in [5, 5.41) is 14.6. The van der Waals surface area contributed by atoms with Gasteiger partial charge in [-0.05, 0) is 29.8 Å². The SMILES string of the molecule is N#C/C(=C/Nc1ccc(C(N)=O)cc1)C(=O)NCc1ccccc1. The Labute approximate surface area is 139 Å². The van der Waals surface area contributed by atoms with Gasteiger partial charge in [0.2, 0.25) is 5.91 Å². The smallest absolute Gasteiger partial charge is 0.263 e. The van der Waals surface area contributed by atoms with Crippen LogP contribution in [0.4, 0.5) is 5.69 Å². The molecule has 2 rings (SSSR count). The van der Waals surface area contributed by atoms with E-state index in [-0.39, 0.29) is 5.57 Å². The van der Waals surface area contributed by atoms with E-state index >= 15 is 0 Å². The average Bonchev–Trinajstić information content (AvgIpc) is 2.61. The lowest BCUT2D eigenvalue weighted by molar-refractivity contribution is -0.117. The molecule has 0 fully saturated rings. The lowest BCUT2D eigenvalue weighted by Crippen LogP contribution is -2.24. The number of anilines is 1. The van der Waals surface area contributed by atoms with E-state index in [0.717, 1.165) is 5.56 Å². The zero-order chi connectivity index (χ0) is 17.4. The summed E-state index contributed by atoms with van der Waals surface area (Å²) in [5.41, 5.74) is 7.06. The lowest BCUT2D eigenvalue weighted by Gasteiger charge is -2.05. The largest absolute Gasteiger partial charge is 0.366 e. The highest BCUT2D eigenvalue weighted by Crippen LogP contribution is 2.10. The molecule has 0 unspecified atom stereocenters. The minimum Gasteiger partial charge on any atom is -0.366 e. The van der Waals surface area contributed by atoms with Crippen molar-refractivity contribution < 1.29 is 9.59 Å². The van der Waals surface area contributed by atoms with Gasteiger partial charge >= 0.3 is 0 Å². The summed E-state index contributed by atoms with van der Waals surface area (Å²) in [6.07, 6.45) is 1.32. The predicted octanol–water partition coefficient (Wildman–Crippen LogP) is 1.92. The van der Waals surface area contributed by atoms with Crippen molar-refractivity contribution in [2.75, 3.05) is 5.32 Å². The van der Waals surface area contributed by atoms with Crippen molar-refractivity contribution >= 4 is 17.5 Å². The molecule has 0 aliphatic rings. The summed E-state index contributed by atoms with van der Waals surface area (Å²) in [6.45, 7) is 0.339. The van der Waals surface area contributed by atoms with Crippen molar-refractivity contribution in [3.8, 4) is 6.07 Å². The minimum absolute atomic E-state index is 0.0510. The zero-order valence-electron chi connectivity index (χ0n) is 12.8. The van der Waals surface area contributed by atoms with E-state index in [1.807, 2.05) is 36.4 Å². The summed E-state index contributed by atoms with van der Waals surface area (Å²) < 4.78 is 0. The number of nitrogens with zero attached hydrogens (tertiary/aromatic N) is 1. The number of nitrogens with two attached hydrogens (primary N) is 1. The van der Waals surface area contributed by atoms with Gasteiger partial charge in [0.05, 0.1) is 0 Å². The van der Waals surface area contributed by atoms with Crippen LogP contribution in [0.15, 0.2) is 66.4 Å².